The number of benzene rings is 1. The molecule has 0 amide bonds. The van der Waals surface area contributed by atoms with Crippen molar-refractivity contribution < 1.29 is 4.42 Å². The van der Waals surface area contributed by atoms with Crippen LogP contribution in [0.25, 0.3) is 11.6 Å². The zero-order valence-corrected chi connectivity index (χ0v) is 9.53. The molecule has 1 aliphatic carbocycles. The number of hydrogen-bond donors (Lipinski definition) is 0. The van der Waals surface area contributed by atoms with Crippen LogP contribution in [0.5, 0.6) is 0 Å². The zero-order chi connectivity index (χ0) is 11.1. The van der Waals surface area contributed by atoms with Gasteiger partial charge in [0.15, 0.2) is 0 Å². The second kappa shape index (κ2) is 3.70. The van der Waals surface area contributed by atoms with Gasteiger partial charge >= 0.3 is 104 Å². The van der Waals surface area contributed by atoms with Gasteiger partial charge in [0.2, 0.25) is 0 Å². The molecule has 1 aromatic carbocycles. The molecule has 0 saturated heterocycles. The Kier molecular flexibility index (Phi) is 2.32. The fourth-order valence-electron chi connectivity index (χ4n) is 2.37. The summed E-state index contributed by atoms with van der Waals surface area (Å²) in [6.07, 6.45) is 2.23. The van der Waals surface area contributed by atoms with Crippen LogP contribution in [-0.4, -0.2) is 17.7 Å². The van der Waals surface area contributed by atoms with Crippen molar-refractivity contribution in [1.82, 2.24) is 0 Å². The molecule has 0 N–H and O–H groups in total. The normalized spacial score (nSPS) is 18.4. The van der Waals surface area contributed by atoms with Crippen molar-refractivity contribution in [3.8, 4) is 0 Å². The fourth-order valence-corrected chi connectivity index (χ4v) is 2.37. The molecule has 1 heterocycles. The fraction of sp³-hybridized carbons (Fsp3) is 0.143. The Balaban J connectivity index is 2.08. The van der Waals surface area contributed by atoms with Crippen LogP contribution >= 0.6 is 0 Å². The number of aryl methyl sites for hydroxylation is 1. The minimum absolute atomic E-state index is 0.432. The summed E-state index contributed by atoms with van der Waals surface area (Å²) in [6.45, 7) is 1.98. The Hall–Kier alpha value is -1.16. The van der Waals surface area contributed by atoms with Gasteiger partial charge in [-0.25, -0.2) is 0 Å². The third-order valence-corrected chi connectivity index (χ3v) is 3.26. The summed E-state index contributed by atoms with van der Waals surface area (Å²) in [5.74, 6) is 1.97. The average molecular weight is 202 g/mol. The van der Waals surface area contributed by atoms with Crippen LogP contribution in [0.1, 0.15) is 27.2 Å². The van der Waals surface area contributed by atoms with Crippen molar-refractivity contribution >= 4 is 29.4 Å². The summed E-state index contributed by atoms with van der Waals surface area (Å²) in [6, 6.07) is 12.6. The van der Waals surface area contributed by atoms with Crippen molar-refractivity contribution in [2.45, 2.75) is 11.5 Å². The van der Waals surface area contributed by atoms with Gasteiger partial charge in [-0.2, -0.15) is 0 Å². The first-order valence-corrected chi connectivity index (χ1v) is 5.63. The van der Waals surface area contributed by atoms with E-state index in [1.165, 1.54) is 16.7 Å². The van der Waals surface area contributed by atoms with Crippen LogP contribution in [0.3, 0.4) is 0 Å². The van der Waals surface area contributed by atoms with E-state index in [2.05, 4.69) is 54.1 Å². The second-order valence-corrected chi connectivity index (χ2v) is 4.36. The summed E-state index contributed by atoms with van der Waals surface area (Å²) in [4.78, 5) is 0. The monoisotopic (exact) mass is 202 g/mol. The van der Waals surface area contributed by atoms with Gasteiger partial charge < -0.3 is 0 Å². The van der Waals surface area contributed by atoms with Crippen LogP contribution in [0.15, 0.2) is 40.8 Å². The Morgan fingerprint density at radius 3 is 2.62 bits per heavy atom. The molecule has 0 radical (unpaired) electrons. The standard InChI is InChI=1S/C14H11O.Li/c1-10-6-7-14(15-10)13-8-11-4-2-3-5-12(11)9-13;/h2-9H,1H3;. The van der Waals surface area contributed by atoms with Crippen LogP contribution in [0.2, 0.25) is 0 Å². The molecule has 1 atom stereocenters. The van der Waals surface area contributed by atoms with E-state index in [1.807, 2.05) is 13.0 Å². The molecule has 0 spiro atoms. The number of hydrogen-bond acceptors (Lipinski definition) is 1. The minimum atomic E-state index is 0.432. The van der Waals surface area contributed by atoms with Crippen LogP contribution in [-0.2, 0) is 0 Å². The summed E-state index contributed by atoms with van der Waals surface area (Å²) in [5.41, 5.74) is 4.00. The van der Waals surface area contributed by atoms with E-state index in [9.17, 15) is 0 Å². The van der Waals surface area contributed by atoms with Gasteiger partial charge in [-0.05, 0) is 0 Å². The molecule has 2 heteroatoms. The Bertz CT molecular complexity index is 566. The first-order chi connectivity index (χ1) is 7.75. The van der Waals surface area contributed by atoms with E-state index in [0.717, 1.165) is 11.5 Å². The van der Waals surface area contributed by atoms with Crippen LogP contribution in [0.4, 0.5) is 0 Å². The topological polar surface area (TPSA) is 13.1 Å². The van der Waals surface area contributed by atoms with E-state index >= 15 is 0 Å². The molecule has 74 valence electrons. The van der Waals surface area contributed by atoms with E-state index < -0.39 is 0 Å². The van der Waals surface area contributed by atoms with E-state index in [-0.39, 0.29) is 0 Å². The molecule has 0 bridgehead atoms. The van der Waals surface area contributed by atoms with Gasteiger partial charge in [0.05, 0.1) is 0 Å². The van der Waals surface area contributed by atoms with Gasteiger partial charge in [0, 0.05) is 0 Å². The predicted octanol–water partition coefficient (Wildman–Crippen LogP) is 3.35. The van der Waals surface area contributed by atoms with Crippen LogP contribution < -0.4 is 0 Å². The third kappa shape index (κ3) is 1.48. The van der Waals surface area contributed by atoms with Gasteiger partial charge in [-0.3, -0.25) is 0 Å². The maximum atomic E-state index is 5.70. The van der Waals surface area contributed by atoms with E-state index in [4.69, 9.17) is 4.42 Å². The third-order valence-electron chi connectivity index (χ3n) is 3.26. The Morgan fingerprint density at radius 1 is 1.12 bits per heavy atom. The van der Waals surface area contributed by atoms with Crippen molar-refractivity contribution in [2.24, 2.45) is 0 Å². The van der Waals surface area contributed by atoms with Crippen molar-refractivity contribution in [2.75, 3.05) is 0 Å². The quantitative estimate of drug-likeness (QED) is 0.646. The maximum absolute atomic E-state index is 5.70. The molecule has 1 unspecified atom stereocenters. The molecule has 0 fully saturated rings. The second-order valence-electron chi connectivity index (χ2n) is 4.36. The summed E-state index contributed by atoms with van der Waals surface area (Å²) < 4.78 is 6.13. The first kappa shape index (κ1) is 10.0. The average Bonchev–Trinajstić information content (AvgIpc) is 2.84. The Morgan fingerprint density at radius 2 is 1.94 bits per heavy atom. The first-order valence-electron chi connectivity index (χ1n) is 5.63. The molecule has 0 saturated carbocycles. The molecule has 2 aromatic rings. The number of furan rings is 1. The SMILES string of the molecule is [Li][CH]1C(c2ccc(C)o2)=Cc2ccccc21. The van der Waals surface area contributed by atoms with Crippen molar-refractivity contribution in [3.63, 3.8) is 0 Å². The molecule has 16 heavy (non-hydrogen) atoms. The number of allylic oxidation sites excluding steroid dienone is 1. The molecule has 0 aliphatic heterocycles. The molecule has 1 aromatic heterocycles. The van der Waals surface area contributed by atoms with Crippen molar-refractivity contribution in [3.05, 3.63) is 59.0 Å². The molecule has 1 aliphatic rings. The summed E-state index contributed by atoms with van der Waals surface area (Å²) in [5, 5.41) is 0. The van der Waals surface area contributed by atoms with Crippen LogP contribution in [0, 0.1) is 6.92 Å². The predicted molar refractivity (Wildman–Crippen MR) is 66.3 cm³/mol. The van der Waals surface area contributed by atoms with Gasteiger partial charge in [-0.15, -0.1) is 0 Å². The van der Waals surface area contributed by atoms with Gasteiger partial charge in [-0.1, -0.05) is 0 Å². The number of rotatable bonds is 1. The molecular formula is C14H11LiO. The van der Waals surface area contributed by atoms with E-state index in [1.54, 1.807) is 0 Å². The summed E-state index contributed by atoms with van der Waals surface area (Å²) >= 11 is 2.23. The molecule has 3 rings (SSSR count). The summed E-state index contributed by atoms with van der Waals surface area (Å²) in [7, 11) is 0. The Labute approximate surface area is 104 Å². The van der Waals surface area contributed by atoms with Gasteiger partial charge in [0.25, 0.3) is 0 Å². The van der Waals surface area contributed by atoms with E-state index in [0.29, 0.717) is 4.59 Å². The zero-order valence-electron chi connectivity index (χ0n) is 9.53. The van der Waals surface area contributed by atoms with Crippen molar-refractivity contribution in [1.29, 1.82) is 0 Å². The molecular weight excluding hydrogens is 191 g/mol. The van der Waals surface area contributed by atoms with Gasteiger partial charge in [0.1, 0.15) is 0 Å². The number of fused-ring (bicyclic) bond motifs is 1. The molecule has 1 nitrogen and oxygen atoms in total.